The molecule has 2 atom stereocenters. The standard InChI is InChI=1S/C15H21Cl2FN2.2ClH/c1-3-10(2)15(20-8-6-19-7-9-20)13-11(16)4-5-12(17)14(13)18;;/h4-5,10,15,19H,3,6-9H2,1-2H3;2*1H/t10?,15-;;/m0../s1. The maximum absolute atomic E-state index is 14.5. The van der Waals surface area contributed by atoms with Crippen LogP contribution in [0.2, 0.25) is 10.0 Å². The molecule has 0 radical (unpaired) electrons. The molecule has 1 N–H and O–H groups in total. The largest absolute Gasteiger partial charge is 0.314 e. The molecule has 7 heteroatoms. The minimum Gasteiger partial charge on any atom is -0.314 e. The van der Waals surface area contributed by atoms with E-state index in [9.17, 15) is 4.39 Å². The molecule has 1 unspecified atom stereocenters. The van der Waals surface area contributed by atoms with Crippen LogP contribution in [0.15, 0.2) is 12.1 Å². The molecule has 2 nitrogen and oxygen atoms in total. The highest BCUT2D eigenvalue weighted by molar-refractivity contribution is 6.33. The molecule has 1 fully saturated rings. The van der Waals surface area contributed by atoms with Gasteiger partial charge < -0.3 is 5.32 Å². The third-order valence-corrected chi connectivity index (χ3v) is 4.72. The van der Waals surface area contributed by atoms with Crippen LogP contribution in [0.25, 0.3) is 0 Å². The minimum absolute atomic E-state index is 0. The van der Waals surface area contributed by atoms with Gasteiger partial charge >= 0.3 is 0 Å². The second-order valence-electron chi connectivity index (χ2n) is 5.37. The molecule has 1 aliphatic rings. The smallest absolute Gasteiger partial charge is 0.148 e. The van der Waals surface area contributed by atoms with E-state index in [0.717, 1.165) is 32.6 Å². The van der Waals surface area contributed by atoms with Crippen LogP contribution in [0.3, 0.4) is 0 Å². The van der Waals surface area contributed by atoms with Gasteiger partial charge in [-0.2, -0.15) is 0 Å². The molecule has 2 rings (SSSR count). The van der Waals surface area contributed by atoms with Crippen LogP contribution in [-0.2, 0) is 0 Å². The number of piperazine rings is 1. The predicted molar refractivity (Wildman–Crippen MR) is 97.6 cm³/mol. The zero-order chi connectivity index (χ0) is 14.7. The van der Waals surface area contributed by atoms with Crippen molar-refractivity contribution >= 4 is 48.0 Å². The normalized spacial score (nSPS) is 18.0. The minimum atomic E-state index is -0.372. The number of hydrogen-bond donors (Lipinski definition) is 1. The number of halogens is 5. The van der Waals surface area contributed by atoms with Gasteiger partial charge in [-0.3, -0.25) is 4.90 Å². The van der Waals surface area contributed by atoms with Crippen LogP contribution in [0.5, 0.6) is 0 Å². The van der Waals surface area contributed by atoms with E-state index in [4.69, 9.17) is 23.2 Å². The average Bonchev–Trinajstić information content (AvgIpc) is 2.48. The van der Waals surface area contributed by atoms with Crippen molar-refractivity contribution in [3.63, 3.8) is 0 Å². The number of nitrogens with zero attached hydrogens (tertiary/aromatic N) is 1. The highest BCUT2D eigenvalue weighted by atomic mass is 35.5. The van der Waals surface area contributed by atoms with Crippen molar-refractivity contribution in [3.05, 3.63) is 33.6 Å². The van der Waals surface area contributed by atoms with Crippen molar-refractivity contribution in [3.8, 4) is 0 Å². The van der Waals surface area contributed by atoms with E-state index in [-0.39, 0.29) is 41.7 Å². The Hall–Kier alpha value is 0.230. The summed E-state index contributed by atoms with van der Waals surface area (Å²) in [7, 11) is 0. The van der Waals surface area contributed by atoms with Gasteiger partial charge in [0.15, 0.2) is 0 Å². The quantitative estimate of drug-likeness (QED) is 0.729. The van der Waals surface area contributed by atoms with E-state index in [0.29, 0.717) is 16.5 Å². The predicted octanol–water partition coefficient (Wildman–Crippen LogP) is 4.97. The van der Waals surface area contributed by atoms with E-state index in [1.165, 1.54) is 6.07 Å². The summed E-state index contributed by atoms with van der Waals surface area (Å²) in [5.41, 5.74) is 0.551. The van der Waals surface area contributed by atoms with Gasteiger partial charge in [0.25, 0.3) is 0 Å². The molecular weight excluding hydrogens is 369 g/mol. The number of nitrogens with one attached hydrogen (secondary N) is 1. The topological polar surface area (TPSA) is 15.3 Å². The van der Waals surface area contributed by atoms with Gasteiger partial charge in [-0.15, -0.1) is 24.8 Å². The maximum atomic E-state index is 14.5. The van der Waals surface area contributed by atoms with Crippen molar-refractivity contribution in [1.29, 1.82) is 0 Å². The lowest BCUT2D eigenvalue weighted by molar-refractivity contribution is 0.125. The number of benzene rings is 1. The molecule has 0 saturated carbocycles. The molecule has 0 bridgehead atoms. The van der Waals surface area contributed by atoms with Gasteiger partial charge in [-0.1, -0.05) is 43.5 Å². The summed E-state index contributed by atoms with van der Waals surface area (Å²) in [4.78, 5) is 2.31. The monoisotopic (exact) mass is 390 g/mol. The summed E-state index contributed by atoms with van der Waals surface area (Å²) in [6.45, 7) is 7.91. The van der Waals surface area contributed by atoms with Crippen LogP contribution >= 0.6 is 48.0 Å². The Morgan fingerprint density at radius 1 is 1.18 bits per heavy atom. The first-order chi connectivity index (χ1) is 9.56. The third-order valence-electron chi connectivity index (χ3n) is 4.10. The van der Waals surface area contributed by atoms with E-state index in [1.54, 1.807) is 6.07 Å². The summed E-state index contributed by atoms with van der Waals surface area (Å²) in [5, 5.41) is 3.94. The van der Waals surface area contributed by atoms with Crippen molar-refractivity contribution in [2.24, 2.45) is 5.92 Å². The molecule has 22 heavy (non-hydrogen) atoms. The average molecular weight is 392 g/mol. The molecule has 128 valence electrons. The molecule has 1 saturated heterocycles. The highest BCUT2D eigenvalue weighted by Crippen LogP contribution is 2.38. The van der Waals surface area contributed by atoms with Crippen LogP contribution < -0.4 is 5.32 Å². The SMILES string of the molecule is CCC(C)[C@@H](c1c(Cl)ccc(Cl)c1F)N1CCNCC1.Cl.Cl. The van der Waals surface area contributed by atoms with Crippen molar-refractivity contribution < 1.29 is 4.39 Å². The van der Waals surface area contributed by atoms with Gasteiger partial charge in [0, 0.05) is 42.8 Å². The summed E-state index contributed by atoms with van der Waals surface area (Å²) in [5.74, 6) is -0.0541. The lowest BCUT2D eigenvalue weighted by Crippen LogP contribution is -2.46. The maximum Gasteiger partial charge on any atom is 0.148 e. The second-order valence-corrected chi connectivity index (χ2v) is 6.19. The Balaban J connectivity index is 0.00000220. The molecule has 1 aromatic rings. The summed E-state index contributed by atoms with van der Waals surface area (Å²) >= 11 is 12.2. The first kappa shape index (κ1) is 22.2. The molecule has 1 aliphatic heterocycles. The lowest BCUT2D eigenvalue weighted by Gasteiger charge is -2.39. The molecule has 1 heterocycles. The van der Waals surface area contributed by atoms with Gasteiger partial charge in [-0.25, -0.2) is 4.39 Å². The highest BCUT2D eigenvalue weighted by Gasteiger charge is 2.31. The van der Waals surface area contributed by atoms with E-state index < -0.39 is 0 Å². The number of rotatable bonds is 4. The Labute approximate surface area is 154 Å². The van der Waals surface area contributed by atoms with Crippen molar-refractivity contribution in [2.75, 3.05) is 26.2 Å². The Morgan fingerprint density at radius 3 is 2.27 bits per heavy atom. The molecule has 0 aliphatic carbocycles. The van der Waals surface area contributed by atoms with Crippen LogP contribution in [-0.4, -0.2) is 31.1 Å². The van der Waals surface area contributed by atoms with E-state index in [1.807, 2.05) is 0 Å². The van der Waals surface area contributed by atoms with Crippen LogP contribution in [0.1, 0.15) is 31.9 Å². The lowest BCUT2D eigenvalue weighted by atomic mass is 9.90. The van der Waals surface area contributed by atoms with Gasteiger partial charge in [0.05, 0.1) is 5.02 Å². The Morgan fingerprint density at radius 2 is 1.73 bits per heavy atom. The fourth-order valence-electron chi connectivity index (χ4n) is 2.82. The van der Waals surface area contributed by atoms with Crippen molar-refractivity contribution in [2.45, 2.75) is 26.3 Å². The Bertz CT molecular complexity index is 467. The molecule has 0 spiro atoms. The fourth-order valence-corrected chi connectivity index (χ4v) is 3.25. The third kappa shape index (κ3) is 4.86. The van der Waals surface area contributed by atoms with Crippen LogP contribution in [0.4, 0.5) is 4.39 Å². The summed E-state index contributed by atoms with van der Waals surface area (Å²) < 4.78 is 14.5. The fraction of sp³-hybridized carbons (Fsp3) is 0.600. The van der Waals surface area contributed by atoms with E-state index in [2.05, 4.69) is 24.1 Å². The summed E-state index contributed by atoms with van der Waals surface area (Å²) in [6, 6.07) is 3.20. The molecular formula is C15H23Cl4FN2. The van der Waals surface area contributed by atoms with Crippen LogP contribution in [0, 0.1) is 11.7 Å². The zero-order valence-corrected chi connectivity index (χ0v) is 15.9. The van der Waals surface area contributed by atoms with Gasteiger partial charge in [-0.05, 0) is 18.1 Å². The first-order valence-corrected chi connectivity index (χ1v) is 7.90. The van der Waals surface area contributed by atoms with Gasteiger partial charge in [0.2, 0.25) is 0 Å². The van der Waals surface area contributed by atoms with Crippen molar-refractivity contribution in [1.82, 2.24) is 10.2 Å². The Kier molecular flexibility index (Phi) is 10.3. The van der Waals surface area contributed by atoms with E-state index >= 15 is 0 Å². The number of hydrogen-bond acceptors (Lipinski definition) is 2. The first-order valence-electron chi connectivity index (χ1n) is 7.14. The molecule has 0 aromatic heterocycles. The molecule has 1 aromatic carbocycles. The zero-order valence-electron chi connectivity index (χ0n) is 12.7. The second kappa shape index (κ2) is 10.2. The molecule has 0 amide bonds. The summed E-state index contributed by atoms with van der Waals surface area (Å²) in [6.07, 6.45) is 0.969. The van der Waals surface area contributed by atoms with Gasteiger partial charge in [0.1, 0.15) is 5.82 Å².